The van der Waals surface area contributed by atoms with Crippen molar-refractivity contribution in [1.29, 1.82) is 0 Å². The standard InChI is InChI=1S/C29H35N5O3/c1-32-15-17-33(18-16-32)25-7-3-21(4-8-25)27-19-24(30-23-11-13-34(14-12-23)29(35)36)20-28(31-27)22-5-9-26(37-2)10-6-22/h3-10,19-20,23H,11-18H2,1-2H3,(H,30,31)(H,35,36). The number of piperazine rings is 1. The van der Waals surface area contributed by atoms with Gasteiger partial charge in [-0.3, -0.25) is 0 Å². The van der Waals surface area contributed by atoms with Crippen molar-refractivity contribution in [3.63, 3.8) is 0 Å². The number of ether oxygens (including phenoxy) is 1. The lowest BCUT2D eigenvalue weighted by molar-refractivity contribution is 0.134. The highest BCUT2D eigenvalue weighted by atomic mass is 16.5. The summed E-state index contributed by atoms with van der Waals surface area (Å²) in [5.41, 5.74) is 6.11. The van der Waals surface area contributed by atoms with E-state index >= 15 is 0 Å². The summed E-state index contributed by atoms with van der Waals surface area (Å²) < 4.78 is 5.33. The smallest absolute Gasteiger partial charge is 0.407 e. The Morgan fingerprint density at radius 3 is 2.00 bits per heavy atom. The lowest BCUT2D eigenvalue weighted by Crippen LogP contribution is -2.44. The monoisotopic (exact) mass is 501 g/mol. The molecule has 3 aromatic rings. The molecule has 5 rings (SSSR count). The van der Waals surface area contributed by atoms with Crippen LogP contribution in [0.1, 0.15) is 12.8 Å². The van der Waals surface area contributed by atoms with E-state index in [0.29, 0.717) is 13.1 Å². The van der Waals surface area contributed by atoms with Crippen LogP contribution in [-0.4, -0.2) is 85.5 Å². The van der Waals surface area contributed by atoms with Crippen LogP contribution in [0.3, 0.4) is 0 Å². The van der Waals surface area contributed by atoms with Crippen molar-refractivity contribution in [3.8, 4) is 28.3 Å². The molecule has 2 fully saturated rings. The van der Waals surface area contributed by atoms with Gasteiger partial charge in [0, 0.05) is 67.8 Å². The Balaban J connectivity index is 1.41. The number of nitrogens with one attached hydrogen (secondary N) is 1. The van der Waals surface area contributed by atoms with E-state index < -0.39 is 6.09 Å². The largest absolute Gasteiger partial charge is 0.497 e. The summed E-state index contributed by atoms with van der Waals surface area (Å²) in [5.74, 6) is 0.808. The van der Waals surface area contributed by atoms with Crippen molar-refractivity contribution in [2.24, 2.45) is 0 Å². The molecule has 2 aliphatic heterocycles. The number of anilines is 2. The molecule has 3 heterocycles. The maximum Gasteiger partial charge on any atom is 0.407 e. The Bertz CT molecular complexity index is 1200. The van der Waals surface area contributed by atoms with Crippen LogP contribution in [0, 0.1) is 0 Å². The second kappa shape index (κ2) is 11.1. The fourth-order valence-corrected chi connectivity index (χ4v) is 5.03. The van der Waals surface area contributed by atoms with Crippen LogP contribution in [0.5, 0.6) is 5.75 Å². The topological polar surface area (TPSA) is 81.2 Å². The summed E-state index contributed by atoms with van der Waals surface area (Å²) in [6, 6.07) is 21.0. The van der Waals surface area contributed by atoms with E-state index in [0.717, 1.165) is 73.0 Å². The van der Waals surface area contributed by atoms with E-state index in [9.17, 15) is 9.90 Å². The molecule has 1 amide bonds. The zero-order valence-corrected chi connectivity index (χ0v) is 21.6. The minimum absolute atomic E-state index is 0.217. The summed E-state index contributed by atoms with van der Waals surface area (Å²) in [7, 11) is 3.83. The highest BCUT2D eigenvalue weighted by Gasteiger charge is 2.22. The third kappa shape index (κ3) is 5.97. The van der Waals surface area contributed by atoms with E-state index in [1.807, 2.05) is 24.3 Å². The van der Waals surface area contributed by atoms with Crippen molar-refractivity contribution < 1.29 is 14.6 Å². The molecule has 0 saturated carbocycles. The van der Waals surface area contributed by atoms with Gasteiger partial charge in [-0.2, -0.15) is 0 Å². The number of carboxylic acid groups (broad SMARTS) is 1. The second-order valence-electron chi connectivity index (χ2n) is 9.88. The SMILES string of the molecule is COc1ccc(-c2cc(NC3CCN(C(=O)O)CC3)cc(-c3ccc(N4CCN(C)CC4)cc3)n2)cc1. The Labute approximate surface area is 218 Å². The van der Waals surface area contributed by atoms with Gasteiger partial charge in [0.15, 0.2) is 0 Å². The molecule has 0 atom stereocenters. The van der Waals surface area contributed by atoms with Crippen molar-refractivity contribution in [2.75, 3.05) is 63.6 Å². The molecule has 8 nitrogen and oxygen atoms in total. The van der Waals surface area contributed by atoms with Crippen LogP contribution in [0.15, 0.2) is 60.7 Å². The third-order valence-electron chi connectivity index (χ3n) is 7.38. The van der Waals surface area contributed by atoms with E-state index in [1.165, 1.54) is 10.6 Å². The molecule has 1 aromatic heterocycles. The van der Waals surface area contributed by atoms with Crippen molar-refractivity contribution >= 4 is 17.5 Å². The highest BCUT2D eigenvalue weighted by Crippen LogP contribution is 2.30. The molecule has 37 heavy (non-hydrogen) atoms. The maximum atomic E-state index is 11.3. The van der Waals surface area contributed by atoms with Crippen LogP contribution in [-0.2, 0) is 0 Å². The predicted molar refractivity (Wildman–Crippen MR) is 148 cm³/mol. The molecule has 0 unspecified atom stereocenters. The van der Waals surface area contributed by atoms with Gasteiger partial charge in [-0.1, -0.05) is 12.1 Å². The second-order valence-corrected chi connectivity index (χ2v) is 9.88. The first kappa shape index (κ1) is 24.9. The Morgan fingerprint density at radius 1 is 0.892 bits per heavy atom. The molecule has 2 saturated heterocycles. The molecule has 2 N–H and O–H groups in total. The predicted octanol–water partition coefficient (Wildman–Crippen LogP) is 4.73. The number of benzene rings is 2. The number of carbonyl (C=O) groups is 1. The average Bonchev–Trinajstić information content (AvgIpc) is 2.94. The van der Waals surface area contributed by atoms with Gasteiger partial charge in [-0.25, -0.2) is 9.78 Å². The fourth-order valence-electron chi connectivity index (χ4n) is 5.03. The van der Waals surface area contributed by atoms with E-state index in [2.05, 4.69) is 58.6 Å². The third-order valence-corrected chi connectivity index (χ3v) is 7.38. The number of pyridine rings is 1. The summed E-state index contributed by atoms with van der Waals surface area (Å²) >= 11 is 0. The van der Waals surface area contributed by atoms with Crippen LogP contribution in [0.2, 0.25) is 0 Å². The molecule has 2 aromatic carbocycles. The Hall–Kier alpha value is -3.78. The van der Waals surface area contributed by atoms with Gasteiger partial charge in [-0.05, 0) is 68.4 Å². The summed E-state index contributed by atoms with van der Waals surface area (Å²) in [4.78, 5) is 22.6. The zero-order chi connectivity index (χ0) is 25.8. The first-order valence-electron chi connectivity index (χ1n) is 12.9. The van der Waals surface area contributed by atoms with Crippen molar-refractivity contribution in [1.82, 2.24) is 14.8 Å². The number of aromatic nitrogens is 1. The van der Waals surface area contributed by atoms with Gasteiger partial charge < -0.3 is 29.9 Å². The maximum absolute atomic E-state index is 11.3. The van der Waals surface area contributed by atoms with Gasteiger partial charge in [0.25, 0.3) is 0 Å². The molecule has 0 radical (unpaired) electrons. The molecular weight excluding hydrogens is 466 g/mol. The number of likely N-dealkylation sites (tertiary alicyclic amines) is 1. The molecule has 8 heteroatoms. The van der Waals surface area contributed by atoms with Gasteiger partial charge in [0.2, 0.25) is 0 Å². The Morgan fingerprint density at radius 2 is 1.46 bits per heavy atom. The number of rotatable bonds is 6. The molecular formula is C29H35N5O3. The fraction of sp³-hybridized carbons (Fsp3) is 0.379. The highest BCUT2D eigenvalue weighted by molar-refractivity contribution is 5.73. The van der Waals surface area contributed by atoms with Gasteiger partial charge in [0.05, 0.1) is 18.5 Å². The van der Waals surface area contributed by atoms with E-state index in [1.54, 1.807) is 7.11 Å². The summed E-state index contributed by atoms with van der Waals surface area (Å²) in [6.45, 7) is 5.32. The lowest BCUT2D eigenvalue weighted by atomic mass is 10.0. The molecule has 0 spiro atoms. The Kier molecular flexibility index (Phi) is 7.46. The van der Waals surface area contributed by atoms with E-state index in [-0.39, 0.29) is 6.04 Å². The first-order valence-corrected chi connectivity index (χ1v) is 12.9. The first-order chi connectivity index (χ1) is 18.0. The number of likely N-dealkylation sites (N-methyl/N-ethyl adjacent to an activating group) is 1. The number of nitrogens with zero attached hydrogens (tertiary/aromatic N) is 4. The quantitative estimate of drug-likeness (QED) is 0.505. The van der Waals surface area contributed by atoms with Gasteiger partial charge >= 0.3 is 6.09 Å². The van der Waals surface area contributed by atoms with Crippen molar-refractivity contribution in [3.05, 3.63) is 60.7 Å². The summed E-state index contributed by atoms with van der Waals surface area (Å²) in [5, 5.41) is 12.9. The van der Waals surface area contributed by atoms with Crippen molar-refractivity contribution in [2.45, 2.75) is 18.9 Å². The van der Waals surface area contributed by atoms with Gasteiger partial charge in [0.1, 0.15) is 5.75 Å². The molecule has 2 aliphatic rings. The molecule has 194 valence electrons. The number of amides is 1. The van der Waals surface area contributed by atoms with Crippen LogP contribution >= 0.6 is 0 Å². The van der Waals surface area contributed by atoms with Crippen LogP contribution in [0.25, 0.3) is 22.5 Å². The number of piperidine rings is 1. The number of hydrogen-bond donors (Lipinski definition) is 2. The van der Waals surface area contributed by atoms with Gasteiger partial charge in [-0.15, -0.1) is 0 Å². The van der Waals surface area contributed by atoms with Crippen LogP contribution < -0.4 is 15.0 Å². The minimum Gasteiger partial charge on any atom is -0.497 e. The lowest BCUT2D eigenvalue weighted by Gasteiger charge is -2.34. The van der Waals surface area contributed by atoms with Crippen LogP contribution in [0.4, 0.5) is 16.2 Å². The normalized spacial score (nSPS) is 17.0. The zero-order valence-electron chi connectivity index (χ0n) is 21.6. The summed E-state index contributed by atoms with van der Waals surface area (Å²) in [6.07, 6.45) is 0.717. The average molecular weight is 502 g/mol. The number of methoxy groups -OCH3 is 1. The molecule has 0 bridgehead atoms. The minimum atomic E-state index is -0.841. The van der Waals surface area contributed by atoms with E-state index in [4.69, 9.17) is 9.72 Å². The molecule has 0 aliphatic carbocycles. The number of hydrogen-bond acceptors (Lipinski definition) is 6.